The van der Waals surface area contributed by atoms with E-state index in [2.05, 4.69) is 21.2 Å². The van der Waals surface area contributed by atoms with Crippen LogP contribution in [0.3, 0.4) is 0 Å². The highest BCUT2D eigenvalue weighted by atomic mass is 15.1. The largest absolute Gasteiger partial charge is 0.353 e. The van der Waals surface area contributed by atoms with Crippen LogP contribution < -0.4 is 0 Å². The molecule has 14 heavy (non-hydrogen) atoms. The molecule has 0 saturated carbocycles. The molecule has 0 aliphatic heterocycles. The van der Waals surface area contributed by atoms with E-state index in [1.54, 1.807) is 0 Å². The molecule has 0 aliphatic rings. The summed E-state index contributed by atoms with van der Waals surface area (Å²) >= 11 is 0. The number of hydrogen-bond donors (Lipinski definition) is 1. The number of benzene rings is 1. The summed E-state index contributed by atoms with van der Waals surface area (Å²) in [7, 11) is 0. The van der Waals surface area contributed by atoms with Gasteiger partial charge in [0.15, 0.2) is 0 Å². The van der Waals surface area contributed by atoms with Gasteiger partial charge in [-0.2, -0.15) is 5.10 Å². The highest BCUT2D eigenvalue weighted by Gasteiger charge is 2.04. The number of nitrogens with one attached hydrogen (secondary N) is 1. The molecule has 3 rings (SSSR count). The number of aromatic nitrogens is 3. The van der Waals surface area contributed by atoms with Crippen LogP contribution in [0, 0.1) is 6.92 Å². The molecule has 3 heteroatoms. The molecule has 3 nitrogen and oxygen atoms in total. The molecule has 0 amide bonds. The third-order valence-electron chi connectivity index (χ3n) is 2.37. The lowest BCUT2D eigenvalue weighted by atomic mass is 10.2. The molecule has 0 aliphatic carbocycles. The maximum Gasteiger partial charge on any atom is 0.118 e. The van der Waals surface area contributed by atoms with E-state index in [0.717, 1.165) is 27.6 Å². The van der Waals surface area contributed by atoms with Crippen molar-refractivity contribution in [3.8, 4) is 0 Å². The van der Waals surface area contributed by atoms with Gasteiger partial charge >= 0.3 is 0 Å². The standard InChI is InChI=1S/C11H9N3/c1-7-6-10-11(14-13-7)8-4-2-3-5-9(8)12-10/h2-6,12H,1H3. The van der Waals surface area contributed by atoms with E-state index in [9.17, 15) is 0 Å². The zero-order chi connectivity index (χ0) is 9.54. The summed E-state index contributed by atoms with van der Waals surface area (Å²) in [6.45, 7) is 1.94. The number of aryl methyl sites for hydroxylation is 1. The van der Waals surface area contributed by atoms with Crippen LogP contribution in [-0.4, -0.2) is 15.2 Å². The van der Waals surface area contributed by atoms with Gasteiger partial charge in [0, 0.05) is 10.9 Å². The third kappa shape index (κ3) is 0.923. The summed E-state index contributed by atoms with van der Waals surface area (Å²) < 4.78 is 0. The molecule has 1 N–H and O–H groups in total. The Labute approximate surface area is 80.8 Å². The van der Waals surface area contributed by atoms with E-state index >= 15 is 0 Å². The monoisotopic (exact) mass is 183 g/mol. The number of hydrogen-bond acceptors (Lipinski definition) is 2. The van der Waals surface area contributed by atoms with Gasteiger partial charge in [-0.1, -0.05) is 18.2 Å². The molecule has 3 aromatic rings. The Kier molecular flexibility index (Phi) is 1.36. The fourth-order valence-electron chi connectivity index (χ4n) is 1.73. The predicted octanol–water partition coefficient (Wildman–Crippen LogP) is 2.42. The second-order valence-electron chi connectivity index (χ2n) is 3.42. The van der Waals surface area contributed by atoms with Gasteiger partial charge in [0.1, 0.15) is 5.52 Å². The Bertz CT molecular complexity index is 610. The molecule has 0 bridgehead atoms. The van der Waals surface area contributed by atoms with Crippen LogP contribution in [0.1, 0.15) is 5.69 Å². The predicted molar refractivity (Wildman–Crippen MR) is 56.1 cm³/mol. The van der Waals surface area contributed by atoms with Crippen molar-refractivity contribution in [2.45, 2.75) is 6.92 Å². The number of H-pyrrole nitrogens is 1. The summed E-state index contributed by atoms with van der Waals surface area (Å²) in [5, 5.41) is 9.38. The molecular weight excluding hydrogens is 174 g/mol. The molecular formula is C11H9N3. The maximum absolute atomic E-state index is 4.19. The van der Waals surface area contributed by atoms with Crippen molar-refractivity contribution in [3.05, 3.63) is 36.0 Å². The van der Waals surface area contributed by atoms with Crippen molar-refractivity contribution < 1.29 is 0 Å². The molecule has 0 radical (unpaired) electrons. The number of aromatic amines is 1. The Morgan fingerprint density at radius 2 is 1.93 bits per heavy atom. The first kappa shape index (κ1) is 7.50. The fourth-order valence-corrected chi connectivity index (χ4v) is 1.73. The average molecular weight is 183 g/mol. The summed E-state index contributed by atoms with van der Waals surface area (Å²) in [6, 6.07) is 10.1. The van der Waals surface area contributed by atoms with Crippen LogP contribution >= 0.6 is 0 Å². The minimum absolute atomic E-state index is 0.934. The Morgan fingerprint density at radius 1 is 1.07 bits per heavy atom. The summed E-state index contributed by atoms with van der Waals surface area (Å²) in [4.78, 5) is 3.32. The normalized spacial score (nSPS) is 11.2. The molecule has 0 unspecified atom stereocenters. The zero-order valence-corrected chi connectivity index (χ0v) is 7.78. The molecule has 1 aromatic carbocycles. The quantitative estimate of drug-likeness (QED) is 0.581. The Hall–Kier alpha value is -1.90. The van der Waals surface area contributed by atoms with Crippen molar-refractivity contribution in [2.75, 3.05) is 0 Å². The van der Waals surface area contributed by atoms with Crippen LogP contribution in [0.2, 0.25) is 0 Å². The molecule has 68 valence electrons. The topological polar surface area (TPSA) is 41.6 Å². The van der Waals surface area contributed by atoms with Crippen LogP contribution in [0.5, 0.6) is 0 Å². The van der Waals surface area contributed by atoms with Gasteiger partial charge < -0.3 is 4.98 Å². The summed E-state index contributed by atoms with van der Waals surface area (Å²) in [6.07, 6.45) is 0. The average Bonchev–Trinajstić information content (AvgIpc) is 2.54. The third-order valence-corrected chi connectivity index (χ3v) is 2.37. The van der Waals surface area contributed by atoms with E-state index in [4.69, 9.17) is 0 Å². The molecule has 0 spiro atoms. The molecule has 2 aromatic heterocycles. The Morgan fingerprint density at radius 3 is 2.86 bits per heavy atom. The van der Waals surface area contributed by atoms with E-state index < -0.39 is 0 Å². The first-order valence-electron chi connectivity index (χ1n) is 4.55. The van der Waals surface area contributed by atoms with Gasteiger partial charge in [-0.05, 0) is 19.1 Å². The van der Waals surface area contributed by atoms with Gasteiger partial charge in [-0.15, -0.1) is 5.10 Å². The van der Waals surface area contributed by atoms with Gasteiger partial charge in [-0.3, -0.25) is 0 Å². The molecule has 2 heterocycles. The minimum atomic E-state index is 0.934. The van der Waals surface area contributed by atoms with Crippen molar-refractivity contribution in [1.29, 1.82) is 0 Å². The Balaban J connectivity index is 2.57. The molecule has 0 atom stereocenters. The van der Waals surface area contributed by atoms with Crippen molar-refractivity contribution >= 4 is 21.9 Å². The smallest absolute Gasteiger partial charge is 0.118 e. The maximum atomic E-state index is 4.19. The minimum Gasteiger partial charge on any atom is -0.353 e. The van der Waals surface area contributed by atoms with Crippen molar-refractivity contribution in [1.82, 2.24) is 15.2 Å². The number of fused-ring (bicyclic) bond motifs is 3. The summed E-state index contributed by atoms with van der Waals surface area (Å²) in [5.74, 6) is 0. The lowest BCUT2D eigenvalue weighted by Gasteiger charge is -1.89. The SMILES string of the molecule is Cc1cc2[nH]c3ccccc3c2nn1. The van der Waals surface area contributed by atoms with E-state index in [1.807, 2.05) is 31.2 Å². The fraction of sp³-hybridized carbons (Fsp3) is 0.0909. The molecule has 0 saturated heterocycles. The van der Waals surface area contributed by atoms with E-state index in [0.29, 0.717) is 0 Å². The van der Waals surface area contributed by atoms with Crippen LogP contribution in [0.15, 0.2) is 30.3 Å². The number of para-hydroxylation sites is 1. The number of rotatable bonds is 0. The van der Waals surface area contributed by atoms with Crippen molar-refractivity contribution in [2.24, 2.45) is 0 Å². The second kappa shape index (κ2) is 2.54. The van der Waals surface area contributed by atoms with Gasteiger partial charge in [0.05, 0.1) is 11.2 Å². The van der Waals surface area contributed by atoms with Crippen LogP contribution in [-0.2, 0) is 0 Å². The first-order valence-corrected chi connectivity index (χ1v) is 4.55. The highest BCUT2D eigenvalue weighted by molar-refractivity contribution is 6.04. The van der Waals surface area contributed by atoms with Crippen molar-refractivity contribution in [3.63, 3.8) is 0 Å². The first-order chi connectivity index (χ1) is 6.84. The summed E-state index contributed by atoms with van der Waals surface area (Å²) in [5.41, 5.74) is 4.05. The molecule has 0 fully saturated rings. The lowest BCUT2D eigenvalue weighted by Crippen LogP contribution is -1.84. The van der Waals surface area contributed by atoms with Gasteiger partial charge in [0.2, 0.25) is 0 Å². The highest BCUT2D eigenvalue weighted by Crippen LogP contribution is 2.22. The van der Waals surface area contributed by atoms with Gasteiger partial charge in [0.25, 0.3) is 0 Å². The van der Waals surface area contributed by atoms with Crippen LogP contribution in [0.4, 0.5) is 0 Å². The lowest BCUT2D eigenvalue weighted by molar-refractivity contribution is 1.02. The van der Waals surface area contributed by atoms with E-state index in [-0.39, 0.29) is 0 Å². The van der Waals surface area contributed by atoms with E-state index in [1.165, 1.54) is 0 Å². The number of nitrogens with zero attached hydrogens (tertiary/aromatic N) is 2. The zero-order valence-electron chi connectivity index (χ0n) is 7.78. The van der Waals surface area contributed by atoms with Crippen LogP contribution in [0.25, 0.3) is 21.9 Å². The second-order valence-corrected chi connectivity index (χ2v) is 3.42. The van der Waals surface area contributed by atoms with Gasteiger partial charge in [-0.25, -0.2) is 0 Å².